The second-order valence-corrected chi connectivity index (χ2v) is 5.94. The standard InChI is InChI=1S/C13H15ClN2O5/c1-13(2,3)10(12(18)19)15-11(17)8-5-4-7(16(20)21)6-9(8)14/h4-6,10H,1-3H3,(H,15,17)(H,18,19)/t10-/m1/s1. The number of carbonyl (C=O) groups is 2. The molecule has 0 unspecified atom stereocenters. The Morgan fingerprint density at radius 3 is 2.33 bits per heavy atom. The number of nitro benzene ring substituents is 1. The van der Waals surface area contributed by atoms with Gasteiger partial charge >= 0.3 is 5.97 Å². The first kappa shape index (κ1) is 16.9. The maximum atomic E-state index is 12.1. The van der Waals surface area contributed by atoms with Gasteiger partial charge in [0.05, 0.1) is 15.5 Å². The Bertz CT molecular complexity index is 595. The Labute approximate surface area is 126 Å². The van der Waals surface area contributed by atoms with Gasteiger partial charge in [-0.25, -0.2) is 4.79 Å². The number of carboxylic acid groups (broad SMARTS) is 1. The molecule has 0 aliphatic rings. The van der Waals surface area contributed by atoms with Crippen LogP contribution in [0.3, 0.4) is 0 Å². The van der Waals surface area contributed by atoms with Crippen LogP contribution in [0.5, 0.6) is 0 Å². The van der Waals surface area contributed by atoms with E-state index in [9.17, 15) is 19.7 Å². The van der Waals surface area contributed by atoms with Gasteiger partial charge in [0.1, 0.15) is 6.04 Å². The van der Waals surface area contributed by atoms with Gasteiger partial charge in [-0.2, -0.15) is 0 Å². The van der Waals surface area contributed by atoms with E-state index < -0.39 is 28.3 Å². The first-order chi connectivity index (χ1) is 9.54. The highest BCUT2D eigenvalue weighted by molar-refractivity contribution is 6.34. The van der Waals surface area contributed by atoms with Crippen molar-refractivity contribution in [2.75, 3.05) is 0 Å². The number of amides is 1. The molecular formula is C13H15ClN2O5. The molecule has 0 aliphatic carbocycles. The summed E-state index contributed by atoms with van der Waals surface area (Å²) < 4.78 is 0. The summed E-state index contributed by atoms with van der Waals surface area (Å²) >= 11 is 5.83. The van der Waals surface area contributed by atoms with E-state index >= 15 is 0 Å². The fourth-order valence-corrected chi connectivity index (χ4v) is 1.92. The molecule has 0 saturated carbocycles. The number of nitrogens with zero attached hydrogens (tertiary/aromatic N) is 1. The number of nitrogens with one attached hydrogen (secondary N) is 1. The number of rotatable bonds is 4. The molecule has 0 aromatic heterocycles. The summed E-state index contributed by atoms with van der Waals surface area (Å²) in [5.41, 5.74) is -0.964. The van der Waals surface area contributed by atoms with E-state index in [0.717, 1.165) is 12.1 Å². The maximum absolute atomic E-state index is 12.1. The van der Waals surface area contributed by atoms with E-state index in [4.69, 9.17) is 16.7 Å². The summed E-state index contributed by atoms with van der Waals surface area (Å²) in [6.45, 7) is 5.01. The van der Waals surface area contributed by atoms with Gasteiger partial charge in [0.2, 0.25) is 0 Å². The molecule has 0 bridgehead atoms. The van der Waals surface area contributed by atoms with Crippen molar-refractivity contribution in [1.82, 2.24) is 5.32 Å². The summed E-state index contributed by atoms with van der Waals surface area (Å²) in [5, 5.41) is 22.0. The van der Waals surface area contributed by atoms with Gasteiger partial charge in [0, 0.05) is 12.1 Å². The summed E-state index contributed by atoms with van der Waals surface area (Å²) in [7, 11) is 0. The number of carbonyl (C=O) groups excluding carboxylic acids is 1. The summed E-state index contributed by atoms with van der Waals surface area (Å²) in [4.78, 5) is 33.2. The highest BCUT2D eigenvalue weighted by Gasteiger charge is 2.33. The number of carboxylic acids is 1. The quantitative estimate of drug-likeness (QED) is 0.655. The number of non-ortho nitro benzene ring substituents is 1. The molecule has 0 radical (unpaired) electrons. The molecule has 0 fully saturated rings. The Morgan fingerprint density at radius 1 is 1.38 bits per heavy atom. The molecule has 21 heavy (non-hydrogen) atoms. The van der Waals surface area contributed by atoms with Crippen molar-refractivity contribution in [3.63, 3.8) is 0 Å². The van der Waals surface area contributed by atoms with E-state index in [1.165, 1.54) is 6.07 Å². The Balaban J connectivity index is 3.04. The lowest BCUT2D eigenvalue weighted by Crippen LogP contribution is -2.49. The minimum atomic E-state index is -1.17. The van der Waals surface area contributed by atoms with Crippen LogP contribution in [0.4, 0.5) is 5.69 Å². The van der Waals surface area contributed by atoms with E-state index in [0.29, 0.717) is 0 Å². The number of nitro groups is 1. The molecule has 1 amide bonds. The first-order valence-electron chi connectivity index (χ1n) is 6.01. The fraction of sp³-hybridized carbons (Fsp3) is 0.385. The van der Waals surface area contributed by atoms with Crippen LogP contribution in [0, 0.1) is 15.5 Å². The SMILES string of the molecule is CC(C)(C)[C@H](NC(=O)c1ccc([N+](=O)[O-])cc1Cl)C(=O)O. The van der Waals surface area contributed by atoms with E-state index in [1.807, 2.05) is 0 Å². The molecule has 0 heterocycles. The topological polar surface area (TPSA) is 110 Å². The van der Waals surface area contributed by atoms with Gasteiger partial charge in [-0.3, -0.25) is 14.9 Å². The normalized spacial score (nSPS) is 12.6. The minimum absolute atomic E-state index is 0.0160. The Kier molecular flexibility index (Phi) is 4.90. The highest BCUT2D eigenvalue weighted by atomic mass is 35.5. The third-order valence-electron chi connectivity index (χ3n) is 2.80. The van der Waals surface area contributed by atoms with Crippen LogP contribution in [0.1, 0.15) is 31.1 Å². The summed E-state index contributed by atoms with van der Waals surface area (Å²) in [5.74, 6) is -1.87. The number of benzene rings is 1. The molecule has 0 spiro atoms. The number of hydrogen-bond acceptors (Lipinski definition) is 4. The van der Waals surface area contributed by atoms with Crippen molar-refractivity contribution in [3.8, 4) is 0 Å². The molecule has 0 saturated heterocycles. The fourth-order valence-electron chi connectivity index (χ4n) is 1.66. The molecule has 7 nitrogen and oxygen atoms in total. The molecule has 8 heteroatoms. The largest absolute Gasteiger partial charge is 0.480 e. The van der Waals surface area contributed by atoms with Crippen molar-refractivity contribution in [3.05, 3.63) is 38.9 Å². The molecule has 0 aliphatic heterocycles. The minimum Gasteiger partial charge on any atom is -0.480 e. The zero-order valence-electron chi connectivity index (χ0n) is 11.7. The highest BCUT2D eigenvalue weighted by Crippen LogP contribution is 2.24. The number of hydrogen-bond donors (Lipinski definition) is 2. The molecule has 114 valence electrons. The van der Waals surface area contributed by atoms with Crippen LogP contribution in [0.15, 0.2) is 18.2 Å². The zero-order chi connectivity index (χ0) is 16.4. The summed E-state index contributed by atoms with van der Waals surface area (Å²) in [6.07, 6.45) is 0. The smallest absolute Gasteiger partial charge is 0.326 e. The van der Waals surface area contributed by atoms with Crippen molar-refractivity contribution in [2.45, 2.75) is 26.8 Å². The second kappa shape index (κ2) is 6.09. The van der Waals surface area contributed by atoms with Gasteiger partial charge in [-0.05, 0) is 11.5 Å². The van der Waals surface area contributed by atoms with Crippen molar-refractivity contribution in [1.29, 1.82) is 0 Å². The molecular weight excluding hydrogens is 300 g/mol. The van der Waals surface area contributed by atoms with Crippen LogP contribution >= 0.6 is 11.6 Å². The molecule has 1 aromatic rings. The third-order valence-corrected chi connectivity index (χ3v) is 3.11. The maximum Gasteiger partial charge on any atom is 0.326 e. The Morgan fingerprint density at radius 2 is 1.95 bits per heavy atom. The van der Waals surface area contributed by atoms with Gasteiger partial charge in [-0.1, -0.05) is 32.4 Å². The van der Waals surface area contributed by atoms with Crippen LogP contribution in [0.25, 0.3) is 0 Å². The predicted octanol–water partition coefficient (Wildman–Crippen LogP) is 2.48. The number of halogens is 1. The van der Waals surface area contributed by atoms with Gasteiger partial charge in [-0.15, -0.1) is 0 Å². The van der Waals surface area contributed by atoms with Gasteiger partial charge < -0.3 is 10.4 Å². The van der Waals surface area contributed by atoms with E-state index in [-0.39, 0.29) is 16.3 Å². The second-order valence-electron chi connectivity index (χ2n) is 5.53. The third kappa shape index (κ3) is 4.16. The van der Waals surface area contributed by atoms with Crippen LogP contribution in [-0.4, -0.2) is 27.9 Å². The lowest BCUT2D eigenvalue weighted by molar-refractivity contribution is -0.384. The Hall–Kier alpha value is -2.15. The molecule has 1 atom stereocenters. The van der Waals surface area contributed by atoms with Crippen LogP contribution in [0.2, 0.25) is 5.02 Å². The zero-order valence-corrected chi connectivity index (χ0v) is 12.5. The van der Waals surface area contributed by atoms with Gasteiger partial charge in [0.25, 0.3) is 11.6 Å². The lowest BCUT2D eigenvalue weighted by Gasteiger charge is -2.27. The van der Waals surface area contributed by atoms with E-state index in [1.54, 1.807) is 20.8 Å². The van der Waals surface area contributed by atoms with Crippen molar-refractivity contribution >= 4 is 29.2 Å². The molecule has 1 rings (SSSR count). The number of aliphatic carboxylic acids is 1. The van der Waals surface area contributed by atoms with E-state index in [2.05, 4.69) is 5.32 Å². The molecule has 1 aromatic carbocycles. The van der Waals surface area contributed by atoms with Crippen molar-refractivity contribution in [2.24, 2.45) is 5.41 Å². The van der Waals surface area contributed by atoms with Crippen LogP contribution < -0.4 is 5.32 Å². The molecule has 2 N–H and O–H groups in total. The van der Waals surface area contributed by atoms with Gasteiger partial charge in [0.15, 0.2) is 0 Å². The predicted molar refractivity (Wildman–Crippen MR) is 76.5 cm³/mol. The monoisotopic (exact) mass is 314 g/mol. The van der Waals surface area contributed by atoms with Crippen molar-refractivity contribution < 1.29 is 19.6 Å². The first-order valence-corrected chi connectivity index (χ1v) is 6.39. The average Bonchev–Trinajstić information content (AvgIpc) is 2.33. The van der Waals surface area contributed by atoms with Crippen LogP contribution in [-0.2, 0) is 4.79 Å². The average molecular weight is 315 g/mol. The lowest BCUT2D eigenvalue weighted by atomic mass is 9.86. The summed E-state index contributed by atoms with van der Waals surface area (Å²) in [6, 6.07) is 2.25.